The van der Waals surface area contributed by atoms with Gasteiger partial charge in [0.05, 0.1) is 6.42 Å². The van der Waals surface area contributed by atoms with E-state index in [1.54, 1.807) is 0 Å². The minimum Gasteiger partial charge on any atom is -0.481 e. The zero-order valence-electron chi connectivity index (χ0n) is 10.6. The largest absolute Gasteiger partial charge is 0.481 e. The quantitative estimate of drug-likeness (QED) is 0.562. The highest BCUT2D eigenvalue weighted by atomic mass is 16.4. The average molecular weight is 270 g/mol. The molecule has 1 rings (SSSR count). The van der Waals surface area contributed by atoms with Crippen LogP contribution >= 0.6 is 0 Å². The Labute approximate surface area is 110 Å². The molecule has 1 heterocycles. The summed E-state index contributed by atoms with van der Waals surface area (Å²) >= 11 is 0. The molecule has 4 N–H and O–H groups in total. The summed E-state index contributed by atoms with van der Waals surface area (Å²) in [5.41, 5.74) is 1.15. The molecule has 0 fully saturated rings. The Balaban J connectivity index is 0.000000344. The van der Waals surface area contributed by atoms with Crippen molar-refractivity contribution in [3.05, 3.63) is 30.1 Å². The molecule has 19 heavy (non-hydrogen) atoms. The van der Waals surface area contributed by atoms with Crippen LogP contribution in [0.1, 0.15) is 12.1 Å². The van der Waals surface area contributed by atoms with Crippen LogP contribution in [0.25, 0.3) is 0 Å². The van der Waals surface area contributed by atoms with Gasteiger partial charge in [-0.2, -0.15) is 0 Å². The second-order valence-electron chi connectivity index (χ2n) is 3.63. The number of aliphatic carboxylic acids is 2. The van der Waals surface area contributed by atoms with E-state index in [1.165, 1.54) is 0 Å². The maximum atomic E-state index is 9.72. The topological polar surface area (TPSA) is 120 Å². The van der Waals surface area contributed by atoms with Gasteiger partial charge in [-0.25, -0.2) is 4.79 Å². The molecule has 1 unspecified atom stereocenters. The van der Waals surface area contributed by atoms with Gasteiger partial charge in [0.15, 0.2) is 6.10 Å². The maximum Gasteiger partial charge on any atom is 0.333 e. The number of aromatic nitrogens is 1. The summed E-state index contributed by atoms with van der Waals surface area (Å²) in [4.78, 5) is 23.6. The third kappa shape index (κ3) is 9.69. The number of carboxylic acids is 2. The number of carbonyl (C=O) groups is 2. The summed E-state index contributed by atoms with van der Waals surface area (Å²) in [6.07, 6.45) is 0.292. The number of hydrogen-bond donors (Lipinski definition) is 4. The number of nitrogens with one attached hydrogen (secondary N) is 1. The summed E-state index contributed by atoms with van der Waals surface area (Å²) in [5, 5.41) is 27.2. The van der Waals surface area contributed by atoms with Crippen molar-refractivity contribution in [2.24, 2.45) is 0 Å². The smallest absolute Gasteiger partial charge is 0.333 e. The molecule has 0 amide bonds. The van der Waals surface area contributed by atoms with Gasteiger partial charge < -0.3 is 20.6 Å². The van der Waals surface area contributed by atoms with Crippen molar-refractivity contribution in [2.45, 2.75) is 18.9 Å². The van der Waals surface area contributed by atoms with Gasteiger partial charge >= 0.3 is 11.9 Å². The van der Waals surface area contributed by atoms with Crippen LogP contribution in [-0.4, -0.2) is 51.9 Å². The summed E-state index contributed by atoms with van der Waals surface area (Å²) in [6.45, 7) is 0.997. The summed E-state index contributed by atoms with van der Waals surface area (Å²) in [6, 6.07) is 5.98. The third-order valence-electron chi connectivity index (χ3n) is 2.01. The van der Waals surface area contributed by atoms with Gasteiger partial charge in [0.1, 0.15) is 0 Å². The molecule has 1 aromatic rings. The number of aliphatic hydroxyl groups is 1. The molecule has 0 radical (unpaired) electrons. The normalized spacial score (nSPS) is 11.1. The van der Waals surface area contributed by atoms with E-state index in [0.29, 0.717) is 0 Å². The van der Waals surface area contributed by atoms with Crippen molar-refractivity contribution in [2.75, 3.05) is 13.6 Å². The predicted molar refractivity (Wildman–Crippen MR) is 67.8 cm³/mol. The number of likely N-dealkylation sites (N-methyl/N-ethyl adjacent to an activating group) is 1. The van der Waals surface area contributed by atoms with Crippen molar-refractivity contribution in [3.63, 3.8) is 0 Å². The zero-order valence-corrected chi connectivity index (χ0v) is 10.6. The SMILES string of the molecule is CNCCc1ccccn1.O=C(O)CC(O)C(=O)O. The van der Waals surface area contributed by atoms with Gasteiger partial charge in [-0.1, -0.05) is 6.07 Å². The van der Waals surface area contributed by atoms with E-state index in [0.717, 1.165) is 18.7 Å². The molecular weight excluding hydrogens is 252 g/mol. The molecule has 0 saturated heterocycles. The van der Waals surface area contributed by atoms with Crippen molar-refractivity contribution in [1.29, 1.82) is 0 Å². The molecule has 7 heteroatoms. The minimum absolute atomic E-state index is 0.755. The number of hydrogen-bond acceptors (Lipinski definition) is 5. The molecule has 0 aromatic carbocycles. The van der Waals surface area contributed by atoms with E-state index in [1.807, 2.05) is 31.4 Å². The minimum atomic E-state index is -1.79. The van der Waals surface area contributed by atoms with Gasteiger partial charge in [-0.05, 0) is 19.2 Å². The number of pyridine rings is 1. The summed E-state index contributed by atoms with van der Waals surface area (Å²) in [7, 11) is 1.95. The second kappa shape index (κ2) is 9.98. The summed E-state index contributed by atoms with van der Waals surface area (Å²) < 4.78 is 0. The van der Waals surface area contributed by atoms with Crippen LogP contribution in [0.5, 0.6) is 0 Å². The molecule has 106 valence electrons. The first-order chi connectivity index (χ1) is 8.97. The van der Waals surface area contributed by atoms with E-state index in [-0.39, 0.29) is 0 Å². The highest BCUT2D eigenvalue weighted by Gasteiger charge is 2.16. The van der Waals surface area contributed by atoms with E-state index in [9.17, 15) is 9.59 Å². The first-order valence-corrected chi connectivity index (χ1v) is 5.64. The van der Waals surface area contributed by atoms with Crippen LogP contribution in [0, 0.1) is 0 Å². The number of aliphatic hydroxyl groups excluding tert-OH is 1. The fourth-order valence-electron chi connectivity index (χ4n) is 1.05. The van der Waals surface area contributed by atoms with Crippen LogP contribution in [0.4, 0.5) is 0 Å². The third-order valence-corrected chi connectivity index (χ3v) is 2.01. The number of rotatable bonds is 6. The Morgan fingerprint density at radius 1 is 1.37 bits per heavy atom. The lowest BCUT2D eigenvalue weighted by Crippen LogP contribution is -2.22. The fourth-order valence-corrected chi connectivity index (χ4v) is 1.05. The van der Waals surface area contributed by atoms with E-state index in [4.69, 9.17) is 15.3 Å². The Morgan fingerprint density at radius 2 is 2.05 bits per heavy atom. The van der Waals surface area contributed by atoms with Crippen molar-refractivity contribution >= 4 is 11.9 Å². The number of nitrogens with zero attached hydrogens (tertiary/aromatic N) is 1. The van der Waals surface area contributed by atoms with Crippen LogP contribution in [-0.2, 0) is 16.0 Å². The van der Waals surface area contributed by atoms with Gasteiger partial charge in [-0.15, -0.1) is 0 Å². The van der Waals surface area contributed by atoms with Crippen molar-refractivity contribution in [3.8, 4) is 0 Å². The van der Waals surface area contributed by atoms with Gasteiger partial charge in [0, 0.05) is 24.9 Å². The molecule has 7 nitrogen and oxygen atoms in total. The Hall–Kier alpha value is -1.99. The molecule has 0 aliphatic heterocycles. The van der Waals surface area contributed by atoms with Crippen molar-refractivity contribution in [1.82, 2.24) is 10.3 Å². The summed E-state index contributed by atoms with van der Waals surface area (Å²) in [5.74, 6) is -2.85. The first-order valence-electron chi connectivity index (χ1n) is 5.64. The van der Waals surface area contributed by atoms with E-state index >= 15 is 0 Å². The number of carboxylic acid groups (broad SMARTS) is 2. The average Bonchev–Trinajstić information content (AvgIpc) is 2.37. The standard InChI is InChI=1S/C8H12N2.C4H6O5/c1-9-7-5-8-4-2-3-6-10-8;5-2(4(8)9)1-3(6)7/h2-4,6,9H,5,7H2,1H3;2,5H,1H2,(H,6,7)(H,8,9). The molecular formula is C12H18N2O5. The molecule has 0 spiro atoms. The Kier molecular flexibility index (Phi) is 8.94. The second-order valence-corrected chi connectivity index (χ2v) is 3.63. The lowest BCUT2D eigenvalue weighted by atomic mass is 10.3. The van der Waals surface area contributed by atoms with Crippen LogP contribution in [0.3, 0.4) is 0 Å². The van der Waals surface area contributed by atoms with Crippen LogP contribution in [0.2, 0.25) is 0 Å². The molecule has 0 saturated carbocycles. The van der Waals surface area contributed by atoms with Gasteiger partial charge in [0.25, 0.3) is 0 Å². The maximum absolute atomic E-state index is 9.72. The molecule has 0 bridgehead atoms. The monoisotopic (exact) mass is 270 g/mol. The molecule has 0 aliphatic carbocycles. The van der Waals surface area contributed by atoms with Crippen molar-refractivity contribution < 1.29 is 24.9 Å². The van der Waals surface area contributed by atoms with E-state index < -0.39 is 24.5 Å². The highest BCUT2D eigenvalue weighted by Crippen LogP contribution is 1.92. The first kappa shape index (κ1) is 17.0. The Bertz CT molecular complexity index is 383. The van der Waals surface area contributed by atoms with Crippen LogP contribution in [0.15, 0.2) is 24.4 Å². The van der Waals surface area contributed by atoms with Gasteiger partial charge in [0.2, 0.25) is 0 Å². The van der Waals surface area contributed by atoms with Gasteiger partial charge in [-0.3, -0.25) is 9.78 Å². The lowest BCUT2D eigenvalue weighted by molar-refractivity contribution is -0.152. The van der Waals surface area contributed by atoms with Crippen LogP contribution < -0.4 is 5.32 Å². The molecule has 0 aliphatic rings. The molecule has 1 atom stereocenters. The van der Waals surface area contributed by atoms with E-state index in [2.05, 4.69) is 10.3 Å². The Morgan fingerprint density at radius 3 is 2.42 bits per heavy atom. The predicted octanol–water partition coefficient (Wildman–Crippen LogP) is -0.250. The fraction of sp³-hybridized carbons (Fsp3) is 0.417. The zero-order chi connectivity index (χ0) is 14.7. The highest BCUT2D eigenvalue weighted by molar-refractivity contribution is 5.79. The lowest BCUT2D eigenvalue weighted by Gasteiger charge is -1.97. The molecule has 1 aromatic heterocycles.